The number of hydrogen-bond donors (Lipinski definition) is 1. The summed E-state index contributed by atoms with van der Waals surface area (Å²) in [6, 6.07) is 13.3. The number of nitrogens with two attached hydrogens (primary N) is 1. The molecule has 0 aliphatic heterocycles. The molecule has 4 heteroatoms. The lowest BCUT2D eigenvalue weighted by molar-refractivity contribution is 0.386. The van der Waals surface area contributed by atoms with Gasteiger partial charge >= 0.3 is 0 Å². The van der Waals surface area contributed by atoms with Crippen molar-refractivity contribution in [1.82, 2.24) is 0 Å². The topological polar surface area (TPSA) is 53.7 Å². The van der Waals surface area contributed by atoms with Crippen LogP contribution in [0.25, 0.3) is 0 Å². The summed E-state index contributed by atoms with van der Waals surface area (Å²) in [6.45, 7) is 2.07. The third-order valence-corrected chi connectivity index (χ3v) is 3.31. The summed E-state index contributed by atoms with van der Waals surface area (Å²) in [5, 5.41) is 0. The van der Waals surface area contributed by atoms with E-state index < -0.39 is 0 Å². The van der Waals surface area contributed by atoms with Crippen molar-refractivity contribution in [2.45, 2.75) is 19.4 Å². The zero-order valence-electron chi connectivity index (χ0n) is 12.6. The van der Waals surface area contributed by atoms with Crippen LogP contribution in [0.4, 0.5) is 0 Å². The fraction of sp³-hybridized carbons (Fsp3) is 0.294. The number of benzene rings is 2. The zero-order chi connectivity index (χ0) is 15.2. The van der Waals surface area contributed by atoms with Gasteiger partial charge in [-0.1, -0.05) is 19.1 Å². The van der Waals surface area contributed by atoms with Crippen LogP contribution in [0.3, 0.4) is 0 Å². The maximum atomic E-state index is 6.00. The van der Waals surface area contributed by atoms with Crippen LogP contribution in [0.15, 0.2) is 42.5 Å². The maximum absolute atomic E-state index is 6.00. The second-order valence-corrected chi connectivity index (χ2v) is 4.73. The molecule has 4 nitrogen and oxygen atoms in total. The van der Waals surface area contributed by atoms with E-state index in [1.54, 1.807) is 20.3 Å². The van der Waals surface area contributed by atoms with Gasteiger partial charge in [-0.05, 0) is 24.1 Å². The Morgan fingerprint density at radius 2 is 1.38 bits per heavy atom. The number of rotatable bonds is 6. The highest BCUT2D eigenvalue weighted by molar-refractivity contribution is 5.44. The van der Waals surface area contributed by atoms with Gasteiger partial charge in [-0.2, -0.15) is 0 Å². The molecule has 0 saturated heterocycles. The van der Waals surface area contributed by atoms with Gasteiger partial charge < -0.3 is 19.9 Å². The molecule has 21 heavy (non-hydrogen) atoms. The first-order valence-electron chi connectivity index (χ1n) is 6.92. The molecule has 0 aliphatic rings. The van der Waals surface area contributed by atoms with E-state index in [0.29, 0.717) is 17.2 Å². The van der Waals surface area contributed by atoms with Crippen LogP contribution in [-0.4, -0.2) is 14.2 Å². The lowest BCUT2D eigenvalue weighted by atomic mass is 10.1. The van der Waals surface area contributed by atoms with Gasteiger partial charge in [0.15, 0.2) is 0 Å². The lowest BCUT2D eigenvalue weighted by Gasteiger charge is -2.12. The van der Waals surface area contributed by atoms with Crippen molar-refractivity contribution >= 4 is 0 Å². The van der Waals surface area contributed by atoms with Crippen molar-refractivity contribution < 1.29 is 14.2 Å². The first kappa shape index (κ1) is 15.2. The third kappa shape index (κ3) is 3.89. The molecule has 1 unspecified atom stereocenters. The fourth-order valence-corrected chi connectivity index (χ4v) is 2.00. The standard InChI is InChI=1S/C17H21NO3/c1-4-17(18)12-5-7-13(8-6-12)21-16-10-14(19-2)9-15(11-16)20-3/h5-11,17H,4,18H2,1-3H3. The molecule has 0 amide bonds. The van der Waals surface area contributed by atoms with Crippen LogP contribution in [-0.2, 0) is 0 Å². The second kappa shape index (κ2) is 6.99. The summed E-state index contributed by atoms with van der Waals surface area (Å²) in [4.78, 5) is 0. The zero-order valence-corrected chi connectivity index (χ0v) is 12.6. The van der Waals surface area contributed by atoms with E-state index in [4.69, 9.17) is 19.9 Å². The predicted molar refractivity (Wildman–Crippen MR) is 83.3 cm³/mol. The Kier molecular flexibility index (Phi) is 5.06. The van der Waals surface area contributed by atoms with Crippen molar-refractivity contribution in [3.8, 4) is 23.0 Å². The van der Waals surface area contributed by atoms with Crippen molar-refractivity contribution in [2.24, 2.45) is 5.73 Å². The normalized spacial score (nSPS) is 11.8. The molecule has 0 fully saturated rings. The minimum atomic E-state index is 0.0657. The van der Waals surface area contributed by atoms with Gasteiger partial charge in [-0.25, -0.2) is 0 Å². The summed E-state index contributed by atoms with van der Waals surface area (Å²) < 4.78 is 16.3. The predicted octanol–water partition coefficient (Wildman–Crippen LogP) is 3.91. The van der Waals surface area contributed by atoms with Crippen molar-refractivity contribution in [1.29, 1.82) is 0 Å². The minimum absolute atomic E-state index is 0.0657. The molecular formula is C17H21NO3. The van der Waals surface area contributed by atoms with Gasteiger partial charge in [-0.15, -0.1) is 0 Å². The molecule has 112 valence electrons. The third-order valence-electron chi connectivity index (χ3n) is 3.31. The van der Waals surface area contributed by atoms with Crippen LogP contribution in [0, 0.1) is 0 Å². The van der Waals surface area contributed by atoms with E-state index in [1.807, 2.05) is 36.4 Å². The Balaban J connectivity index is 2.17. The van der Waals surface area contributed by atoms with E-state index in [2.05, 4.69) is 6.92 Å². The van der Waals surface area contributed by atoms with Crippen LogP contribution in [0.1, 0.15) is 24.9 Å². The van der Waals surface area contributed by atoms with E-state index in [0.717, 1.165) is 17.7 Å². The summed E-state index contributed by atoms with van der Waals surface area (Å²) in [7, 11) is 3.22. The summed E-state index contributed by atoms with van der Waals surface area (Å²) >= 11 is 0. The highest BCUT2D eigenvalue weighted by atomic mass is 16.5. The van der Waals surface area contributed by atoms with Gasteiger partial charge in [0.05, 0.1) is 14.2 Å². The molecule has 0 aliphatic carbocycles. The molecule has 0 spiro atoms. The molecule has 0 heterocycles. The average Bonchev–Trinajstić information content (AvgIpc) is 2.54. The van der Waals surface area contributed by atoms with E-state index in [9.17, 15) is 0 Å². The fourth-order valence-electron chi connectivity index (χ4n) is 2.00. The maximum Gasteiger partial charge on any atom is 0.134 e. The molecular weight excluding hydrogens is 266 g/mol. The average molecular weight is 287 g/mol. The molecule has 0 bridgehead atoms. The summed E-state index contributed by atoms with van der Waals surface area (Å²) in [5.74, 6) is 2.79. The van der Waals surface area contributed by atoms with Crippen LogP contribution in [0.2, 0.25) is 0 Å². The Hall–Kier alpha value is -2.20. The Morgan fingerprint density at radius 1 is 0.857 bits per heavy atom. The largest absolute Gasteiger partial charge is 0.496 e. The molecule has 1 atom stereocenters. The van der Waals surface area contributed by atoms with Crippen molar-refractivity contribution in [3.05, 3.63) is 48.0 Å². The van der Waals surface area contributed by atoms with Crippen LogP contribution < -0.4 is 19.9 Å². The summed E-state index contributed by atoms with van der Waals surface area (Å²) in [5.41, 5.74) is 7.10. The van der Waals surface area contributed by atoms with E-state index in [-0.39, 0.29) is 6.04 Å². The Labute approximate surface area is 125 Å². The van der Waals surface area contributed by atoms with Crippen molar-refractivity contribution in [3.63, 3.8) is 0 Å². The first-order chi connectivity index (χ1) is 10.2. The molecule has 0 radical (unpaired) electrons. The van der Waals surface area contributed by atoms with Crippen LogP contribution in [0.5, 0.6) is 23.0 Å². The monoisotopic (exact) mass is 287 g/mol. The summed E-state index contributed by atoms with van der Waals surface area (Å²) in [6.07, 6.45) is 0.910. The molecule has 2 rings (SSSR count). The highest BCUT2D eigenvalue weighted by Crippen LogP contribution is 2.31. The molecule has 2 aromatic carbocycles. The smallest absolute Gasteiger partial charge is 0.134 e. The molecule has 0 saturated carbocycles. The van der Waals surface area contributed by atoms with Gasteiger partial charge in [-0.3, -0.25) is 0 Å². The Morgan fingerprint density at radius 3 is 1.86 bits per heavy atom. The number of methoxy groups -OCH3 is 2. The van der Waals surface area contributed by atoms with Gasteiger partial charge in [0.25, 0.3) is 0 Å². The van der Waals surface area contributed by atoms with Crippen molar-refractivity contribution in [2.75, 3.05) is 14.2 Å². The SMILES string of the molecule is CCC(N)c1ccc(Oc2cc(OC)cc(OC)c2)cc1. The van der Waals surface area contributed by atoms with Gasteiger partial charge in [0, 0.05) is 24.2 Å². The van der Waals surface area contributed by atoms with Crippen LogP contribution >= 0.6 is 0 Å². The van der Waals surface area contributed by atoms with Gasteiger partial charge in [0.2, 0.25) is 0 Å². The Bertz CT molecular complexity index is 559. The minimum Gasteiger partial charge on any atom is -0.496 e. The van der Waals surface area contributed by atoms with E-state index in [1.165, 1.54) is 0 Å². The van der Waals surface area contributed by atoms with Gasteiger partial charge in [0.1, 0.15) is 23.0 Å². The molecule has 2 aromatic rings. The number of ether oxygens (including phenoxy) is 3. The molecule has 2 N–H and O–H groups in total. The number of hydrogen-bond acceptors (Lipinski definition) is 4. The lowest BCUT2D eigenvalue weighted by Crippen LogP contribution is -2.07. The molecule has 0 aromatic heterocycles. The first-order valence-corrected chi connectivity index (χ1v) is 6.92. The highest BCUT2D eigenvalue weighted by Gasteiger charge is 2.06. The quantitative estimate of drug-likeness (QED) is 0.875. The van der Waals surface area contributed by atoms with E-state index >= 15 is 0 Å². The second-order valence-electron chi connectivity index (χ2n) is 4.73.